The van der Waals surface area contributed by atoms with E-state index in [1.165, 1.54) is 13.2 Å². The molecule has 1 unspecified atom stereocenters. The van der Waals surface area contributed by atoms with Crippen molar-refractivity contribution >= 4 is 0 Å². The Hall–Kier alpha value is -1.88. The van der Waals surface area contributed by atoms with Crippen molar-refractivity contribution in [1.82, 2.24) is 10.3 Å². The van der Waals surface area contributed by atoms with Gasteiger partial charge in [-0.25, -0.2) is 9.37 Å². The SMILES string of the molecule is CCCNC(C)c1ncc(-c2ccc(OC)c(F)c2)o1. The third-order valence-corrected chi connectivity index (χ3v) is 3.03. The van der Waals surface area contributed by atoms with Gasteiger partial charge in [0.05, 0.1) is 19.3 Å². The van der Waals surface area contributed by atoms with Gasteiger partial charge >= 0.3 is 0 Å². The first-order valence-corrected chi connectivity index (χ1v) is 6.68. The summed E-state index contributed by atoms with van der Waals surface area (Å²) in [4.78, 5) is 4.23. The van der Waals surface area contributed by atoms with Crippen LogP contribution < -0.4 is 10.1 Å². The van der Waals surface area contributed by atoms with Gasteiger partial charge < -0.3 is 14.5 Å². The van der Waals surface area contributed by atoms with Gasteiger partial charge in [-0.05, 0) is 38.1 Å². The van der Waals surface area contributed by atoms with E-state index in [2.05, 4.69) is 17.2 Å². The van der Waals surface area contributed by atoms with Crippen molar-refractivity contribution in [1.29, 1.82) is 0 Å². The average Bonchev–Trinajstić information content (AvgIpc) is 2.94. The summed E-state index contributed by atoms with van der Waals surface area (Å²) < 4.78 is 24.2. The molecule has 2 aromatic rings. The van der Waals surface area contributed by atoms with Gasteiger partial charge in [-0.15, -0.1) is 0 Å². The van der Waals surface area contributed by atoms with Gasteiger partial charge in [-0.3, -0.25) is 0 Å². The first-order chi connectivity index (χ1) is 9.65. The maximum Gasteiger partial charge on any atom is 0.211 e. The highest BCUT2D eigenvalue weighted by atomic mass is 19.1. The number of nitrogens with zero attached hydrogens (tertiary/aromatic N) is 1. The van der Waals surface area contributed by atoms with E-state index in [9.17, 15) is 4.39 Å². The Labute approximate surface area is 118 Å². The lowest BCUT2D eigenvalue weighted by Gasteiger charge is -2.08. The van der Waals surface area contributed by atoms with Crippen LogP contribution in [0.1, 0.15) is 32.2 Å². The zero-order valence-corrected chi connectivity index (χ0v) is 11.9. The first kappa shape index (κ1) is 14.5. The molecular formula is C15H19FN2O2. The maximum absolute atomic E-state index is 13.7. The van der Waals surface area contributed by atoms with Crippen LogP contribution in [0.4, 0.5) is 4.39 Å². The molecule has 20 heavy (non-hydrogen) atoms. The van der Waals surface area contributed by atoms with Crippen LogP contribution >= 0.6 is 0 Å². The monoisotopic (exact) mass is 278 g/mol. The van der Waals surface area contributed by atoms with E-state index in [0.717, 1.165) is 13.0 Å². The number of oxazole rings is 1. The fourth-order valence-corrected chi connectivity index (χ4v) is 1.89. The van der Waals surface area contributed by atoms with Crippen molar-refractivity contribution in [2.45, 2.75) is 26.3 Å². The Morgan fingerprint density at radius 3 is 2.90 bits per heavy atom. The fraction of sp³-hybridized carbons (Fsp3) is 0.400. The number of rotatable bonds is 6. The van der Waals surface area contributed by atoms with Crippen LogP contribution in [-0.2, 0) is 0 Å². The summed E-state index contributed by atoms with van der Waals surface area (Å²) in [6.45, 7) is 4.98. The quantitative estimate of drug-likeness (QED) is 0.877. The predicted octanol–water partition coefficient (Wildman–Crippen LogP) is 3.55. The second-order valence-electron chi connectivity index (χ2n) is 4.59. The highest BCUT2D eigenvalue weighted by molar-refractivity contribution is 5.58. The lowest BCUT2D eigenvalue weighted by molar-refractivity contribution is 0.386. The van der Waals surface area contributed by atoms with E-state index < -0.39 is 5.82 Å². The Balaban J connectivity index is 2.18. The number of hydrogen-bond acceptors (Lipinski definition) is 4. The first-order valence-electron chi connectivity index (χ1n) is 6.68. The van der Waals surface area contributed by atoms with Crippen molar-refractivity contribution in [3.05, 3.63) is 36.1 Å². The van der Waals surface area contributed by atoms with Crippen LogP contribution in [0.2, 0.25) is 0 Å². The molecule has 0 amide bonds. The number of methoxy groups -OCH3 is 1. The summed E-state index contributed by atoms with van der Waals surface area (Å²) in [5.41, 5.74) is 0.643. The van der Waals surface area contributed by atoms with Gasteiger partial charge in [-0.2, -0.15) is 0 Å². The van der Waals surface area contributed by atoms with Gasteiger partial charge in [0.15, 0.2) is 17.3 Å². The number of halogens is 1. The molecule has 5 heteroatoms. The third kappa shape index (κ3) is 3.17. The van der Waals surface area contributed by atoms with Crippen LogP contribution in [0.25, 0.3) is 11.3 Å². The van der Waals surface area contributed by atoms with Gasteiger partial charge in [0.1, 0.15) is 0 Å². The van der Waals surface area contributed by atoms with Gasteiger partial charge in [-0.1, -0.05) is 6.92 Å². The minimum absolute atomic E-state index is 0.0341. The summed E-state index contributed by atoms with van der Waals surface area (Å²) in [7, 11) is 1.44. The van der Waals surface area contributed by atoms with Crippen molar-refractivity contribution in [3.63, 3.8) is 0 Å². The lowest BCUT2D eigenvalue weighted by Crippen LogP contribution is -2.19. The Morgan fingerprint density at radius 2 is 2.25 bits per heavy atom. The number of nitrogens with one attached hydrogen (secondary N) is 1. The summed E-state index contributed by atoms with van der Waals surface area (Å²) in [6.07, 6.45) is 2.66. The summed E-state index contributed by atoms with van der Waals surface area (Å²) in [5.74, 6) is 0.947. The second kappa shape index (κ2) is 6.52. The molecule has 0 bridgehead atoms. The van der Waals surface area contributed by atoms with Gasteiger partial charge in [0.2, 0.25) is 5.89 Å². The average molecular weight is 278 g/mol. The zero-order chi connectivity index (χ0) is 14.5. The Kier molecular flexibility index (Phi) is 4.74. The van der Waals surface area contributed by atoms with Crippen molar-refractivity contribution < 1.29 is 13.5 Å². The molecule has 1 heterocycles. The molecule has 1 aromatic carbocycles. The molecule has 1 N–H and O–H groups in total. The third-order valence-electron chi connectivity index (χ3n) is 3.03. The molecule has 0 spiro atoms. The van der Waals surface area contributed by atoms with Gasteiger partial charge in [0, 0.05) is 5.56 Å². The predicted molar refractivity (Wildman–Crippen MR) is 75.2 cm³/mol. The normalized spacial score (nSPS) is 12.4. The molecule has 0 radical (unpaired) electrons. The van der Waals surface area contributed by atoms with E-state index in [4.69, 9.17) is 9.15 Å². The standard InChI is InChI=1S/C15H19FN2O2/c1-4-7-17-10(2)15-18-9-14(20-15)11-5-6-13(19-3)12(16)8-11/h5-6,8-10,17H,4,7H2,1-3H3. The molecule has 1 aromatic heterocycles. The largest absolute Gasteiger partial charge is 0.494 e. The smallest absolute Gasteiger partial charge is 0.211 e. The molecule has 1 atom stereocenters. The summed E-state index contributed by atoms with van der Waals surface area (Å²) in [6, 6.07) is 4.74. The van der Waals surface area contributed by atoms with Crippen LogP contribution in [0, 0.1) is 5.82 Å². The molecule has 0 aliphatic carbocycles. The minimum atomic E-state index is -0.417. The highest BCUT2D eigenvalue weighted by Crippen LogP contribution is 2.27. The van der Waals surface area contributed by atoms with Crippen LogP contribution in [0.5, 0.6) is 5.75 Å². The second-order valence-corrected chi connectivity index (χ2v) is 4.59. The lowest BCUT2D eigenvalue weighted by atomic mass is 10.2. The fourth-order valence-electron chi connectivity index (χ4n) is 1.89. The van der Waals surface area contributed by atoms with Crippen LogP contribution in [0.15, 0.2) is 28.8 Å². The topological polar surface area (TPSA) is 47.3 Å². The van der Waals surface area contributed by atoms with Crippen molar-refractivity contribution in [2.75, 3.05) is 13.7 Å². The molecule has 2 rings (SSSR count). The highest BCUT2D eigenvalue weighted by Gasteiger charge is 2.13. The van der Waals surface area contributed by atoms with Crippen LogP contribution in [0.3, 0.4) is 0 Å². The van der Waals surface area contributed by atoms with E-state index in [0.29, 0.717) is 17.2 Å². The molecular weight excluding hydrogens is 259 g/mol. The molecule has 4 nitrogen and oxygen atoms in total. The summed E-state index contributed by atoms with van der Waals surface area (Å²) in [5, 5.41) is 3.29. The maximum atomic E-state index is 13.7. The Bertz CT molecular complexity index is 569. The van der Waals surface area contributed by atoms with Crippen molar-refractivity contribution in [2.24, 2.45) is 0 Å². The number of hydrogen-bond donors (Lipinski definition) is 1. The number of ether oxygens (including phenoxy) is 1. The molecule has 108 valence electrons. The van der Waals surface area contributed by atoms with Gasteiger partial charge in [0.25, 0.3) is 0 Å². The van der Waals surface area contributed by atoms with Crippen molar-refractivity contribution in [3.8, 4) is 17.1 Å². The Morgan fingerprint density at radius 1 is 1.45 bits per heavy atom. The molecule has 0 saturated carbocycles. The van der Waals surface area contributed by atoms with E-state index in [-0.39, 0.29) is 11.8 Å². The molecule has 0 aliphatic heterocycles. The van der Waals surface area contributed by atoms with E-state index >= 15 is 0 Å². The summed E-state index contributed by atoms with van der Waals surface area (Å²) >= 11 is 0. The number of aromatic nitrogens is 1. The van der Waals surface area contributed by atoms with Crippen LogP contribution in [-0.4, -0.2) is 18.6 Å². The molecule has 0 fully saturated rings. The molecule has 0 aliphatic rings. The van der Waals surface area contributed by atoms with E-state index in [1.807, 2.05) is 6.92 Å². The number of benzene rings is 1. The van der Waals surface area contributed by atoms with E-state index in [1.54, 1.807) is 18.3 Å². The minimum Gasteiger partial charge on any atom is -0.494 e. The molecule has 0 saturated heterocycles. The zero-order valence-electron chi connectivity index (χ0n) is 11.9.